The molecule has 0 saturated carbocycles. The van der Waals surface area contributed by atoms with Crippen molar-refractivity contribution in [1.29, 1.82) is 0 Å². The van der Waals surface area contributed by atoms with Crippen LogP contribution >= 0.6 is 15.9 Å². The molecule has 1 aromatic heterocycles. The zero-order valence-corrected chi connectivity index (χ0v) is 18.3. The summed E-state index contributed by atoms with van der Waals surface area (Å²) in [5.74, 6) is 0.553. The van der Waals surface area contributed by atoms with Gasteiger partial charge in [-0.3, -0.25) is 0 Å². The number of halogens is 4. The molecule has 3 nitrogen and oxygen atoms in total. The van der Waals surface area contributed by atoms with Gasteiger partial charge in [0.25, 0.3) is 0 Å². The van der Waals surface area contributed by atoms with Crippen molar-refractivity contribution in [2.45, 2.75) is 39.5 Å². The lowest BCUT2D eigenvalue weighted by atomic mass is 9.99. The van der Waals surface area contributed by atoms with E-state index in [4.69, 9.17) is 9.84 Å². The van der Waals surface area contributed by atoms with Crippen LogP contribution in [0.5, 0.6) is 5.75 Å². The predicted octanol–water partition coefficient (Wildman–Crippen LogP) is 6.38. The fourth-order valence-electron chi connectivity index (χ4n) is 3.41. The minimum absolute atomic E-state index is 0.0474. The van der Waals surface area contributed by atoms with Crippen molar-refractivity contribution in [2.75, 3.05) is 6.61 Å². The second-order valence-corrected chi connectivity index (χ2v) is 8.02. The van der Waals surface area contributed by atoms with E-state index >= 15 is 0 Å². The van der Waals surface area contributed by atoms with Gasteiger partial charge >= 0.3 is 6.18 Å². The minimum atomic E-state index is -4.47. The molecular weight excluding hydrogens is 459 g/mol. The molecule has 3 aromatic rings. The summed E-state index contributed by atoms with van der Waals surface area (Å²) < 4.78 is 49.0. The lowest BCUT2D eigenvalue weighted by Crippen LogP contribution is -2.13. The Morgan fingerprint density at radius 2 is 1.70 bits per heavy atom. The van der Waals surface area contributed by atoms with E-state index in [1.165, 1.54) is 10.8 Å². The molecule has 2 aromatic carbocycles. The number of rotatable bonds is 7. The number of aromatic nitrogens is 1. The molecule has 0 saturated heterocycles. The van der Waals surface area contributed by atoms with Gasteiger partial charge in [0.1, 0.15) is 12.4 Å². The van der Waals surface area contributed by atoms with Crippen LogP contribution in [0.4, 0.5) is 13.2 Å². The van der Waals surface area contributed by atoms with Gasteiger partial charge in [-0.2, -0.15) is 13.2 Å². The van der Waals surface area contributed by atoms with Gasteiger partial charge in [-0.25, -0.2) is 0 Å². The van der Waals surface area contributed by atoms with Gasteiger partial charge in [0.15, 0.2) is 0 Å². The molecule has 0 fully saturated rings. The van der Waals surface area contributed by atoms with Crippen molar-refractivity contribution in [2.24, 2.45) is 0 Å². The Morgan fingerprint density at radius 1 is 1.00 bits per heavy atom. The van der Waals surface area contributed by atoms with E-state index in [0.717, 1.165) is 33.7 Å². The molecule has 30 heavy (non-hydrogen) atoms. The summed E-state index contributed by atoms with van der Waals surface area (Å²) in [6.45, 7) is 3.75. The van der Waals surface area contributed by atoms with E-state index < -0.39 is 11.7 Å². The molecule has 0 amide bonds. The van der Waals surface area contributed by atoms with Crippen LogP contribution < -0.4 is 4.74 Å². The second kappa shape index (κ2) is 9.27. The molecular formula is C23H23BrF3NO2. The van der Waals surface area contributed by atoms with Crippen LogP contribution in [0, 0.1) is 13.8 Å². The highest BCUT2D eigenvalue weighted by Gasteiger charge is 2.35. The van der Waals surface area contributed by atoms with Crippen LogP contribution in [0.1, 0.15) is 34.4 Å². The first-order chi connectivity index (χ1) is 14.2. The lowest BCUT2D eigenvalue weighted by Gasteiger charge is -2.17. The first-order valence-corrected chi connectivity index (χ1v) is 10.4. The third-order valence-electron chi connectivity index (χ3n) is 5.22. The van der Waals surface area contributed by atoms with Crippen LogP contribution in [0.3, 0.4) is 0 Å². The summed E-state index contributed by atoms with van der Waals surface area (Å²) in [7, 11) is 0. The van der Waals surface area contributed by atoms with Crippen LogP contribution in [0.2, 0.25) is 0 Å². The SMILES string of the molecule is Cc1c(CCCO)ccc(OCc2c(C(F)(F)F)ccn2-c2ccc(Br)cc2)c1C. The number of benzene rings is 2. The standard InChI is InChI=1S/C23H23BrF3NO2/c1-15-16(2)22(10-5-17(15)4-3-13-29)30-14-21-20(23(25,26)27)11-12-28(21)19-8-6-18(24)7-9-19/h5-12,29H,3-4,13-14H2,1-2H3. The topological polar surface area (TPSA) is 34.4 Å². The van der Waals surface area contributed by atoms with Crippen LogP contribution in [-0.2, 0) is 19.2 Å². The van der Waals surface area contributed by atoms with Crippen molar-refractivity contribution >= 4 is 15.9 Å². The summed E-state index contributed by atoms with van der Waals surface area (Å²) >= 11 is 3.34. The summed E-state index contributed by atoms with van der Waals surface area (Å²) in [5.41, 5.74) is 2.98. The van der Waals surface area contributed by atoms with Gasteiger partial charge in [-0.15, -0.1) is 0 Å². The van der Waals surface area contributed by atoms with Crippen LogP contribution in [0.25, 0.3) is 5.69 Å². The van der Waals surface area contributed by atoms with E-state index in [0.29, 0.717) is 17.9 Å². The summed E-state index contributed by atoms with van der Waals surface area (Å²) in [6.07, 6.45) is -1.65. The summed E-state index contributed by atoms with van der Waals surface area (Å²) in [6, 6.07) is 11.8. The average Bonchev–Trinajstić information content (AvgIpc) is 3.13. The maximum atomic E-state index is 13.6. The normalized spacial score (nSPS) is 11.7. The Balaban J connectivity index is 1.92. The Hall–Kier alpha value is -2.25. The Labute approximate surface area is 182 Å². The van der Waals surface area contributed by atoms with Gasteiger partial charge in [0.2, 0.25) is 0 Å². The van der Waals surface area contributed by atoms with Gasteiger partial charge in [0.05, 0.1) is 11.3 Å². The molecule has 1 heterocycles. The van der Waals surface area contributed by atoms with Crippen molar-refractivity contribution in [1.82, 2.24) is 4.57 Å². The quantitative estimate of drug-likeness (QED) is 0.424. The molecule has 160 valence electrons. The molecule has 0 aliphatic rings. The second-order valence-electron chi connectivity index (χ2n) is 7.11. The smallest absolute Gasteiger partial charge is 0.418 e. The number of hydrogen-bond donors (Lipinski definition) is 1. The van der Waals surface area contributed by atoms with Crippen molar-refractivity contribution in [3.8, 4) is 11.4 Å². The average molecular weight is 482 g/mol. The Bertz CT molecular complexity index is 1010. The summed E-state index contributed by atoms with van der Waals surface area (Å²) in [4.78, 5) is 0. The number of aliphatic hydroxyl groups is 1. The van der Waals surface area contributed by atoms with Crippen molar-refractivity contribution in [3.63, 3.8) is 0 Å². The first-order valence-electron chi connectivity index (χ1n) is 9.58. The zero-order chi connectivity index (χ0) is 21.9. The number of nitrogens with zero attached hydrogens (tertiary/aromatic N) is 1. The number of ether oxygens (including phenoxy) is 1. The molecule has 0 bridgehead atoms. The lowest BCUT2D eigenvalue weighted by molar-refractivity contribution is -0.138. The molecule has 1 N–H and O–H groups in total. The van der Waals surface area contributed by atoms with E-state index in [1.807, 2.05) is 19.9 Å². The largest absolute Gasteiger partial charge is 0.487 e. The molecule has 0 aliphatic carbocycles. The fourth-order valence-corrected chi connectivity index (χ4v) is 3.67. The summed E-state index contributed by atoms with van der Waals surface area (Å²) in [5, 5.41) is 9.04. The monoisotopic (exact) mass is 481 g/mol. The molecule has 0 atom stereocenters. The van der Waals surface area contributed by atoms with Crippen molar-refractivity contribution < 1.29 is 23.0 Å². The van der Waals surface area contributed by atoms with E-state index in [2.05, 4.69) is 15.9 Å². The van der Waals surface area contributed by atoms with Crippen LogP contribution in [0.15, 0.2) is 53.1 Å². The molecule has 0 spiro atoms. The van der Waals surface area contributed by atoms with Crippen LogP contribution in [-0.4, -0.2) is 16.3 Å². The first kappa shape index (κ1) is 22.4. The fraction of sp³-hybridized carbons (Fsp3) is 0.304. The third-order valence-corrected chi connectivity index (χ3v) is 5.75. The highest BCUT2D eigenvalue weighted by molar-refractivity contribution is 9.10. The van der Waals surface area contributed by atoms with Gasteiger partial charge < -0.3 is 14.4 Å². The molecule has 7 heteroatoms. The number of alkyl halides is 3. The number of hydrogen-bond acceptors (Lipinski definition) is 2. The van der Waals surface area contributed by atoms with Gasteiger partial charge in [-0.1, -0.05) is 22.0 Å². The van der Waals surface area contributed by atoms with E-state index in [1.54, 1.807) is 30.3 Å². The highest BCUT2D eigenvalue weighted by atomic mass is 79.9. The van der Waals surface area contributed by atoms with Gasteiger partial charge in [0, 0.05) is 23.0 Å². The highest BCUT2D eigenvalue weighted by Crippen LogP contribution is 2.35. The molecule has 0 aliphatic heterocycles. The maximum absolute atomic E-state index is 13.6. The minimum Gasteiger partial charge on any atom is -0.487 e. The Kier molecular flexibility index (Phi) is 6.93. The molecule has 3 rings (SSSR count). The number of aliphatic hydroxyl groups excluding tert-OH is 1. The van der Waals surface area contributed by atoms with Crippen molar-refractivity contribution in [3.05, 3.63) is 81.1 Å². The third kappa shape index (κ3) is 4.90. The Morgan fingerprint density at radius 3 is 2.33 bits per heavy atom. The molecule has 0 unspecified atom stereocenters. The van der Waals surface area contributed by atoms with Gasteiger partial charge in [-0.05, 0) is 79.8 Å². The van der Waals surface area contributed by atoms with E-state index in [9.17, 15) is 13.2 Å². The number of aryl methyl sites for hydroxylation is 1. The maximum Gasteiger partial charge on any atom is 0.418 e. The molecule has 0 radical (unpaired) electrons. The van der Waals surface area contributed by atoms with E-state index in [-0.39, 0.29) is 18.9 Å². The zero-order valence-electron chi connectivity index (χ0n) is 16.8. The predicted molar refractivity (Wildman–Crippen MR) is 114 cm³/mol.